The molecule has 0 aliphatic heterocycles. The average Bonchev–Trinajstić information content (AvgIpc) is 2.66. The fourth-order valence-electron chi connectivity index (χ4n) is 2.51. The number of nitrogens with one attached hydrogen (secondary N) is 1. The number of fused-ring (bicyclic) bond motifs is 1. The molecule has 98 valence electrons. The van der Waals surface area contributed by atoms with Crippen LogP contribution in [-0.4, -0.2) is 0 Å². The normalized spacial score (nSPS) is 16.3. The molecule has 2 rings (SSSR count). The van der Waals surface area contributed by atoms with Crippen molar-refractivity contribution in [3.05, 3.63) is 21.4 Å². The predicted octanol–water partition coefficient (Wildman–Crippen LogP) is 3.32. The molecule has 1 aromatic rings. The van der Waals surface area contributed by atoms with Crippen LogP contribution < -0.4 is 11.3 Å². The zero-order valence-corrected chi connectivity index (χ0v) is 11.9. The lowest BCUT2D eigenvalue weighted by atomic mass is 10.1. The molecule has 1 unspecified atom stereocenters. The van der Waals surface area contributed by atoms with Gasteiger partial charge in [0.1, 0.15) is 0 Å². The third-order valence-electron chi connectivity index (χ3n) is 3.55. The maximum atomic E-state index is 5.68. The second-order valence-corrected chi connectivity index (χ2v) is 6.01. The Morgan fingerprint density at radius 1 is 1.39 bits per heavy atom. The maximum Gasteiger partial charge on any atom is 0.0562 e. The van der Waals surface area contributed by atoms with Crippen molar-refractivity contribution in [2.45, 2.75) is 57.9 Å². The van der Waals surface area contributed by atoms with Crippen molar-refractivity contribution in [1.82, 2.24) is 5.43 Å². The van der Waals surface area contributed by atoms with E-state index in [0.717, 1.165) is 12.8 Å². The van der Waals surface area contributed by atoms with Crippen LogP contribution in [0.25, 0.3) is 0 Å². The molecular formula is C15H22N2S. The minimum atomic E-state index is 0.266. The number of nitrogens with two attached hydrogens (primary N) is 1. The van der Waals surface area contributed by atoms with E-state index in [2.05, 4.69) is 23.3 Å². The molecular weight excluding hydrogens is 240 g/mol. The first-order valence-electron chi connectivity index (χ1n) is 6.82. The topological polar surface area (TPSA) is 38.0 Å². The van der Waals surface area contributed by atoms with Gasteiger partial charge in [-0.3, -0.25) is 11.3 Å². The van der Waals surface area contributed by atoms with Gasteiger partial charge < -0.3 is 0 Å². The number of hydrazine groups is 1. The summed E-state index contributed by atoms with van der Waals surface area (Å²) in [6, 6.07) is 2.64. The summed E-state index contributed by atoms with van der Waals surface area (Å²) in [6.07, 6.45) is 8.47. The zero-order chi connectivity index (χ0) is 12.8. The number of hydrogen-bond acceptors (Lipinski definition) is 3. The Morgan fingerprint density at radius 2 is 2.22 bits per heavy atom. The molecule has 1 atom stereocenters. The number of rotatable bonds is 4. The maximum absolute atomic E-state index is 5.68. The standard InChI is InChI=1S/C15H22N2S/c1-2-3-5-9-13(17-16)15-11-12-8-6-4-7-10-14(12)18-15/h11,13,17H,4-10,16H2,1H3. The number of hydrogen-bond donors (Lipinski definition) is 2. The first-order chi connectivity index (χ1) is 8.85. The molecule has 3 N–H and O–H groups in total. The van der Waals surface area contributed by atoms with E-state index in [1.807, 2.05) is 18.3 Å². The molecule has 18 heavy (non-hydrogen) atoms. The average molecular weight is 262 g/mol. The van der Waals surface area contributed by atoms with E-state index >= 15 is 0 Å². The summed E-state index contributed by atoms with van der Waals surface area (Å²) < 4.78 is 0. The van der Waals surface area contributed by atoms with Gasteiger partial charge in [0.25, 0.3) is 0 Å². The van der Waals surface area contributed by atoms with Crippen molar-refractivity contribution in [3.8, 4) is 11.8 Å². The van der Waals surface area contributed by atoms with E-state index in [4.69, 9.17) is 5.84 Å². The van der Waals surface area contributed by atoms with Crippen molar-refractivity contribution in [2.75, 3.05) is 0 Å². The van der Waals surface area contributed by atoms with Crippen LogP contribution in [0, 0.1) is 11.8 Å². The minimum Gasteiger partial charge on any atom is -0.271 e. The van der Waals surface area contributed by atoms with Crippen LogP contribution in [0.1, 0.15) is 60.4 Å². The van der Waals surface area contributed by atoms with Gasteiger partial charge in [0.2, 0.25) is 0 Å². The summed E-state index contributed by atoms with van der Waals surface area (Å²) in [4.78, 5) is 2.98. The van der Waals surface area contributed by atoms with E-state index in [0.29, 0.717) is 0 Å². The van der Waals surface area contributed by atoms with E-state index in [1.165, 1.54) is 37.0 Å². The Morgan fingerprint density at radius 3 is 3.00 bits per heavy atom. The van der Waals surface area contributed by atoms with Crippen molar-refractivity contribution < 1.29 is 0 Å². The SMILES string of the molecule is CC#CCCC(NN)c1cc2c(s1)CCCCC2. The molecule has 1 heterocycles. The van der Waals surface area contributed by atoms with Crippen molar-refractivity contribution in [1.29, 1.82) is 0 Å². The quantitative estimate of drug-likeness (QED) is 0.378. The molecule has 0 bridgehead atoms. The molecule has 1 aromatic heterocycles. The molecule has 0 saturated carbocycles. The van der Waals surface area contributed by atoms with Crippen LogP contribution in [0.15, 0.2) is 6.07 Å². The highest BCUT2D eigenvalue weighted by Crippen LogP contribution is 2.33. The third-order valence-corrected chi connectivity index (χ3v) is 4.90. The highest BCUT2D eigenvalue weighted by Gasteiger charge is 2.17. The molecule has 0 fully saturated rings. The van der Waals surface area contributed by atoms with Gasteiger partial charge in [-0.2, -0.15) is 0 Å². The molecule has 1 aliphatic rings. The first-order valence-corrected chi connectivity index (χ1v) is 7.64. The lowest BCUT2D eigenvalue weighted by molar-refractivity contribution is 0.531. The van der Waals surface area contributed by atoms with Crippen molar-refractivity contribution >= 4 is 11.3 Å². The molecule has 0 radical (unpaired) electrons. The summed E-state index contributed by atoms with van der Waals surface area (Å²) in [6.45, 7) is 1.89. The Hall–Kier alpha value is -0.820. The van der Waals surface area contributed by atoms with E-state index < -0.39 is 0 Å². The van der Waals surface area contributed by atoms with Gasteiger partial charge in [0.15, 0.2) is 0 Å². The summed E-state index contributed by atoms with van der Waals surface area (Å²) >= 11 is 1.95. The van der Waals surface area contributed by atoms with Gasteiger partial charge in [0.05, 0.1) is 6.04 Å². The monoisotopic (exact) mass is 262 g/mol. The fraction of sp³-hybridized carbons (Fsp3) is 0.600. The van der Waals surface area contributed by atoms with E-state index in [9.17, 15) is 0 Å². The third kappa shape index (κ3) is 3.35. The van der Waals surface area contributed by atoms with Crippen LogP contribution in [0.4, 0.5) is 0 Å². The molecule has 0 saturated heterocycles. The largest absolute Gasteiger partial charge is 0.271 e. The van der Waals surface area contributed by atoms with Gasteiger partial charge in [-0.05, 0) is 50.7 Å². The van der Waals surface area contributed by atoms with Crippen LogP contribution in [-0.2, 0) is 12.8 Å². The Kier molecular flexibility index (Phi) is 5.25. The van der Waals surface area contributed by atoms with Crippen LogP contribution in [0.3, 0.4) is 0 Å². The Labute approximate surface area is 114 Å². The highest BCUT2D eigenvalue weighted by molar-refractivity contribution is 7.12. The highest BCUT2D eigenvalue weighted by atomic mass is 32.1. The fourth-order valence-corrected chi connectivity index (χ4v) is 3.86. The molecule has 1 aliphatic carbocycles. The molecule has 0 amide bonds. The lowest BCUT2D eigenvalue weighted by Crippen LogP contribution is -2.27. The van der Waals surface area contributed by atoms with Gasteiger partial charge in [-0.15, -0.1) is 23.2 Å². The van der Waals surface area contributed by atoms with E-state index in [-0.39, 0.29) is 6.04 Å². The molecule has 3 heteroatoms. The summed E-state index contributed by atoms with van der Waals surface area (Å²) in [5.74, 6) is 11.7. The zero-order valence-electron chi connectivity index (χ0n) is 11.1. The Bertz CT molecular complexity index is 416. The lowest BCUT2D eigenvalue weighted by Gasteiger charge is -2.12. The summed E-state index contributed by atoms with van der Waals surface area (Å²) in [5, 5.41) is 0. The van der Waals surface area contributed by atoms with Crippen molar-refractivity contribution in [3.63, 3.8) is 0 Å². The first kappa shape index (κ1) is 13.6. The molecule has 2 nitrogen and oxygen atoms in total. The van der Waals surface area contributed by atoms with Gasteiger partial charge >= 0.3 is 0 Å². The second-order valence-electron chi connectivity index (χ2n) is 4.84. The number of thiophene rings is 1. The summed E-state index contributed by atoms with van der Waals surface area (Å²) in [5.41, 5.74) is 4.51. The molecule has 0 spiro atoms. The smallest absolute Gasteiger partial charge is 0.0562 e. The van der Waals surface area contributed by atoms with Crippen LogP contribution in [0.2, 0.25) is 0 Å². The van der Waals surface area contributed by atoms with Gasteiger partial charge in [0, 0.05) is 16.2 Å². The van der Waals surface area contributed by atoms with Crippen LogP contribution >= 0.6 is 11.3 Å². The predicted molar refractivity (Wildman–Crippen MR) is 78.3 cm³/mol. The van der Waals surface area contributed by atoms with Gasteiger partial charge in [-0.1, -0.05) is 6.42 Å². The van der Waals surface area contributed by atoms with Crippen LogP contribution in [0.5, 0.6) is 0 Å². The second kappa shape index (κ2) is 6.94. The summed E-state index contributed by atoms with van der Waals surface area (Å²) in [7, 11) is 0. The molecule has 0 aromatic carbocycles. The Balaban J connectivity index is 2.08. The van der Waals surface area contributed by atoms with E-state index in [1.54, 1.807) is 10.4 Å². The minimum absolute atomic E-state index is 0.266. The number of aryl methyl sites for hydroxylation is 2. The van der Waals surface area contributed by atoms with Gasteiger partial charge in [-0.25, -0.2) is 0 Å². The van der Waals surface area contributed by atoms with Crippen molar-refractivity contribution in [2.24, 2.45) is 5.84 Å².